The summed E-state index contributed by atoms with van der Waals surface area (Å²) >= 11 is 0. The molecule has 0 atom stereocenters. The van der Waals surface area contributed by atoms with Crippen LogP contribution in [0.4, 0.5) is 0 Å². The fraction of sp³-hybridized carbons (Fsp3) is 0.500. The molecule has 1 fully saturated rings. The number of carboxylic acid groups (broad SMARTS) is 1. The van der Waals surface area contributed by atoms with Gasteiger partial charge in [0.2, 0.25) is 0 Å². The van der Waals surface area contributed by atoms with E-state index in [4.69, 9.17) is 4.84 Å². The molecule has 0 spiro atoms. The first-order valence-electron chi connectivity index (χ1n) is 7.06. The van der Waals surface area contributed by atoms with Crippen molar-refractivity contribution >= 4 is 12.2 Å². The number of benzene rings is 1. The van der Waals surface area contributed by atoms with Gasteiger partial charge in [0.1, 0.15) is 12.0 Å². The van der Waals surface area contributed by atoms with Crippen LogP contribution in [0.25, 0.3) is 0 Å². The van der Waals surface area contributed by atoms with Crippen LogP contribution < -0.4 is 0 Å². The van der Waals surface area contributed by atoms with Crippen molar-refractivity contribution in [2.24, 2.45) is 16.5 Å². The van der Waals surface area contributed by atoms with Gasteiger partial charge in [0, 0.05) is 0 Å². The van der Waals surface area contributed by atoms with Crippen LogP contribution in [-0.4, -0.2) is 17.3 Å². The third kappa shape index (κ3) is 3.59. The molecular formula is C16H21NO3. The Hall–Kier alpha value is -1.84. The van der Waals surface area contributed by atoms with Gasteiger partial charge in [0.05, 0.1) is 6.21 Å². The number of carboxylic acids is 1. The first-order valence-corrected chi connectivity index (χ1v) is 7.06. The number of carbonyl (C=O) groups is 1. The molecule has 1 aromatic rings. The highest BCUT2D eigenvalue weighted by Gasteiger charge is 2.40. The summed E-state index contributed by atoms with van der Waals surface area (Å²) in [5.74, 6) is -0.197. The summed E-state index contributed by atoms with van der Waals surface area (Å²) in [5, 5.41) is 13.3. The lowest BCUT2D eigenvalue weighted by Crippen LogP contribution is -2.36. The van der Waals surface area contributed by atoms with Crippen LogP contribution in [-0.2, 0) is 16.2 Å². The maximum Gasteiger partial charge on any atom is 0.315 e. The van der Waals surface area contributed by atoms with Gasteiger partial charge in [0.25, 0.3) is 0 Å². The number of rotatable bonds is 5. The average Bonchev–Trinajstić information content (AvgIpc) is 2.47. The van der Waals surface area contributed by atoms with E-state index in [9.17, 15) is 9.90 Å². The van der Waals surface area contributed by atoms with E-state index < -0.39 is 11.4 Å². The maximum atomic E-state index is 11.5. The van der Waals surface area contributed by atoms with Gasteiger partial charge in [0.15, 0.2) is 0 Å². The number of aliphatic carboxylic acids is 1. The molecule has 2 rings (SSSR count). The monoisotopic (exact) mass is 275 g/mol. The molecule has 0 aromatic heterocycles. The number of hydrogen-bond donors (Lipinski definition) is 1. The molecular weight excluding hydrogens is 254 g/mol. The smallest absolute Gasteiger partial charge is 0.315 e. The zero-order valence-corrected chi connectivity index (χ0v) is 11.8. The highest BCUT2D eigenvalue weighted by molar-refractivity contribution is 5.93. The van der Waals surface area contributed by atoms with Gasteiger partial charge in [-0.05, 0) is 37.2 Å². The predicted octanol–water partition coefficient (Wildman–Crippen LogP) is 3.47. The summed E-state index contributed by atoms with van der Waals surface area (Å²) in [4.78, 5) is 16.7. The molecule has 1 N–H and O–H groups in total. The molecule has 0 bridgehead atoms. The molecule has 0 radical (unpaired) electrons. The summed E-state index contributed by atoms with van der Waals surface area (Å²) in [6.45, 7) is 2.53. The van der Waals surface area contributed by atoms with E-state index in [1.807, 2.05) is 30.3 Å². The van der Waals surface area contributed by atoms with Crippen molar-refractivity contribution in [3.05, 3.63) is 35.9 Å². The molecule has 0 aliphatic heterocycles. The van der Waals surface area contributed by atoms with Gasteiger partial charge in [-0.15, -0.1) is 0 Å². The van der Waals surface area contributed by atoms with Gasteiger partial charge in [-0.25, -0.2) is 0 Å². The van der Waals surface area contributed by atoms with Crippen LogP contribution in [0.2, 0.25) is 0 Å². The van der Waals surface area contributed by atoms with E-state index in [0.29, 0.717) is 25.4 Å². The Kier molecular flexibility index (Phi) is 4.77. The van der Waals surface area contributed by atoms with Crippen LogP contribution in [0, 0.1) is 11.3 Å². The lowest BCUT2D eigenvalue weighted by atomic mass is 9.72. The Balaban J connectivity index is 1.92. The first-order chi connectivity index (χ1) is 9.62. The standard InChI is InChI=1S/C16H21NO3/c1-13-7-9-16(10-8-13,15(18)19)12-17-20-11-14-5-3-2-4-6-14/h2-6,12-13H,7-11H2,1H3,(H,18,19)/t13-,16+. The van der Waals surface area contributed by atoms with Crippen LogP contribution in [0.1, 0.15) is 38.2 Å². The van der Waals surface area contributed by atoms with E-state index >= 15 is 0 Å². The second kappa shape index (κ2) is 6.55. The van der Waals surface area contributed by atoms with E-state index in [1.165, 1.54) is 6.21 Å². The molecule has 108 valence electrons. The molecule has 0 saturated heterocycles. The molecule has 1 aliphatic rings. The van der Waals surface area contributed by atoms with Gasteiger partial charge < -0.3 is 9.94 Å². The van der Waals surface area contributed by atoms with Gasteiger partial charge in [-0.1, -0.05) is 42.4 Å². The zero-order valence-electron chi connectivity index (χ0n) is 11.8. The quantitative estimate of drug-likeness (QED) is 0.661. The minimum Gasteiger partial charge on any atom is -0.481 e. The zero-order chi connectivity index (χ0) is 14.4. The summed E-state index contributed by atoms with van der Waals surface area (Å²) in [6, 6.07) is 9.71. The van der Waals surface area contributed by atoms with Crippen molar-refractivity contribution < 1.29 is 14.7 Å². The highest BCUT2D eigenvalue weighted by Crippen LogP contribution is 2.37. The van der Waals surface area contributed by atoms with Crippen molar-refractivity contribution in [2.45, 2.75) is 39.2 Å². The maximum absolute atomic E-state index is 11.5. The van der Waals surface area contributed by atoms with Crippen LogP contribution in [0.15, 0.2) is 35.5 Å². The molecule has 0 unspecified atom stereocenters. The summed E-state index contributed by atoms with van der Waals surface area (Å²) in [5.41, 5.74) is 0.176. The minimum atomic E-state index is -0.844. The Labute approximate surface area is 119 Å². The molecule has 4 nitrogen and oxygen atoms in total. The molecule has 1 aliphatic carbocycles. The lowest BCUT2D eigenvalue weighted by Gasteiger charge is -2.32. The normalized spacial score (nSPS) is 26.6. The van der Waals surface area contributed by atoms with E-state index in [0.717, 1.165) is 18.4 Å². The van der Waals surface area contributed by atoms with E-state index in [1.54, 1.807) is 0 Å². The fourth-order valence-electron chi connectivity index (χ4n) is 2.50. The third-order valence-corrected chi connectivity index (χ3v) is 4.04. The van der Waals surface area contributed by atoms with Gasteiger partial charge >= 0.3 is 5.97 Å². The summed E-state index contributed by atoms with van der Waals surface area (Å²) in [7, 11) is 0. The predicted molar refractivity (Wildman–Crippen MR) is 77.4 cm³/mol. The molecule has 0 amide bonds. The van der Waals surface area contributed by atoms with Crippen LogP contribution in [0.5, 0.6) is 0 Å². The SMILES string of the molecule is C[C@H]1CC[C@@](C=NOCc2ccccc2)(C(=O)O)CC1. The Morgan fingerprint density at radius 1 is 1.40 bits per heavy atom. The molecule has 1 saturated carbocycles. The number of nitrogens with zero attached hydrogens (tertiary/aromatic N) is 1. The van der Waals surface area contributed by atoms with E-state index in [2.05, 4.69) is 12.1 Å². The van der Waals surface area contributed by atoms with Crippen molar-refractivity contribution in [2.75, 3.05) is 0 Å². The van der Waals surface area contributed by atoms with Crippen LogP contribution in [0.3, 0.4) is 0 Å². The van der Waals surface area contributed by atoms with Gasteiger partial charge in [-0.3, -0.25) is 4.79 Å². The van der Waals surface area contributed by atoms with Gasteiger partial charge in [-0.2, -0.15) is 0 Å². The first kappa shape index (κ1) is 14.6. The number of hydrogen-bond acceptors (Lipinski definition) is 3. The van der Waals surface area contributed by atoms with Crippen molar-refractivity contribution in [3.8, 4) is 0 Å². The topological polar surface area (TPSA) is 58.9 Å². The third-order valence-electron chi connectivity index (χ3n) is 4.04. The van der Waals surface area contributed by atoms with Crippen LogP contribution >= 0.6 is 0 Å². The minimum absolute atomic E-state index is 0.365. The molecule has 1 aromatic carbocycles. The second-order valence-electron chi connectivity index (χ2n) is 5.64. The Bertz CT molecular complexity index is 462. The average molecular weight is 275 g/mol. The Morgan fingerprint density at radius 3 is 2.65 bits per heavy atom. The fourth-order valence-corrected chi connectivity index (χ4v) is 2.50. The molecule has 4 heteroatoms. The molecule has 0 heterocycles. The van der Waals surface area contributed by atoms with Crippen molar-refractivity contribution in [3.63, 3.8) is 0 Å². The second-order valence-corrected chi connectivity index (χ2v) is 5.64. The molecule has 20 heavy (non-hydrogen) atoms. The highest BCUT2D eigenvalue weighted by atomic mass is 16.6. The largest absolute Gasteiger partial charge is 0.481 e. The van der Waals surface area contributed by atoms with E-state index in [-0.39, 0.29) is 0 Å². The lowest BCUT2D eigenvalue weighted by molar-refractivity contribution is -0.146. The summed E-state index contributed by atoms with van der Waals surface area (Å²) < 4.78 is 0. The summed E-state index contributed by atoms with van der Waals surface area (Å²) in [6.07, 6.45) is 4.63. The Morgan fingerprint density at radius 2 is 2.05 bits per heavy atom. The van der Waals surface area contributed by atoms with Crippen molar-refractivity contribution in [1.82, 2.24) is 0 Å². The number of oxime groups is 1. The van der Waals surface area contributed by atoms with Crippen molar-refractivity contribution in [1.29, 1.82) is 0 Å².